The van der Waals surface area contributed by atoms with Gasteiger partial charge in [-0.3, -0.25) is 9.89 Å². The predicted octanol–water partition coefficient (Wildman–Crippen LogP) is 2.71. The Bertz CT molecular complexity index is 1510. The second-order valence-electron chi connectivity index (χ2n) is 10.1. The van der Waals surface area contributed by atoms with Crippen LogP contribution in [0.2, 0.25) is 0 Å². The molecule has 220 valence electrons. The number of hydrogen-bond donors (Lipinski definition) is 4. The molecule has 41 heavy (non-hydrogen) atoms. The summed E-state index contributed by atoms with van der Waals surface area (Å²) in [5.41, 5.74) is 2.93. The van der Waals surface area contributed by atoms with Crippen molar-refractivity contribution in [1.82, 2.24) is 14.5 Å². The molecular weight excluding hydrogens is 558 g/mol. The monoisotopic (exact) mass is 590 g/mol. The standard InChI is InChI=1S/C27H32F2N6O5S/c1-34(8-9-36)20-2-3-22(25(15-20)30-19-5-10-40-11-6-19)27(37)31-26-23-16-35(7-4-24(23)32-33-26)41(38,39)21-13-17(28)12-18(29)14-21/h2-3,12-15,19,30,36H,4-11,16H2,1H3,(H2,31,32,33,37). The molecule has 2 aliphatic heterocycles. The summed E-state index contributed by atoms with van der Waals surface area (Å²) in [4.78, 5) is 14.9. The lowest BCUT2D eigenvalue weighted by Crippen LogP contribution is -2.36. The number of nitrogens with one attached hydrogen (secondary N) is 3. The molecule has 2 aromatic carbocycles. The summed E-state index contributed by atoms with van der Waals surface area (Å²) in [7, 11) is -2.36. The lowest BCUT2D eigenvalue weighted by molar-refractivity contribution is 0.0904. The Morgan fingerprint density at radius 1 is 1.20 bits per heavy atom. The van der Waals surface area contributed by atoms with Gasteiger partial charge < -0.3 is 25.4 Å². The lowest BCUT2D eigenvalue weighted by atomic mass is 10.1. The minimum Gasteiger partial charge on any atom is -0.395 e. The Balaban J connectivity index is 1.39. The number of amides is 1. The minimum absolute atomic E-state index is 0.0212. The second kappa shape index (κ2) is 12.1. The maximum Gasteiger partial charge on any atom is 0.258 e. The number of anilines is 3. The number of aromatic nitrogens is 2. The van der Waals surface area contributed by atoms with E-state index in [9.17, 15) is 27.1 Å². The number of halogens is 2. The number of rotatable bonds is 9. The van der Waals surface area contributed by atoms with Crippen molar-refractivity contribution in [2.45, 2.75) is 36.7 Å². The number of nitrogens with zero attached hydrogens (tertiary/aromatic N) is 3. The molecule has 4 N–H and O–H groups in total. The average molecular weight is 591 g/mol. The van der Waals surface area contributed by atoms with Crippen molar-refractivity contribution < 1.29 is 31.8 Å². The highest BCUT2D eigenvalue weighted by Gasteiger charge is 2.32. The van der Waals surface area contributed by atoms with Crippen molar-refractivity contribution >= 4 is 33.1 Å². The molecule has 5 rings (SSSR count). The van der Waals surface area contributed by atoms with E-state index in [0.29, 0.717) is 48.3 Å². The second-order valence-corrected chi connectivity index (χ2v) is 12.0. The van der Waals surface area contributed by atoms with Crippen molar-refractivity contribution in [3.8, 4) is 0 Å². The SMILES string of the molecule is CN(CCO)c1ccc(C(=O)Nc2n[nH]c3c2CN(S(=O)(=O)c2cc(F)cc(F)c2)CC3)c(NC2CCOCC2)c1. The van der Waals surface area contributed by atoms with E-state index in [1.807, 2.05) is 18.0 Å². The fourth-order valence-electron chi connectivity index (χ4n) is 5.01. The summed E-state index contributed by atoms with van der Waals surface area (Å²) < 4.78 is 60.5. The third-order valence-corrected chi connectivity index (χ3v) is 9.13. The molecule has 2 aliphatic rings. The van der Waals surface area contributed by atoms with E-state index in [1.54, 1.807) is 12.1 Å². The number of aromatic amines is 1. The Labute approximate surface area is 236 Å². The molecule has 3 heterocycles. The van der Waals surface area contributed by atoms with Crippen LogP contribution in [0.5, 0.6) is 0 Å². The first kappa shape index (κ1) is 28.9. The van der Waals surface area contributed by atoms with Gasteiger partial charge in [0.05, 0.1) is 17.1 Å². The number of carbonyl (C=O) groups excluding carboxylic acids is 1. The van der Waals surface area contributed by atoms with Gasteiger partial charge in [-0.15, -0.1) is 0 Å². The van der Waals surface area contributed by atoms with Crippen LogP contribution < -0.4 is 15.5 Å². The maximum absolute atomic E-state index is 13.8. The average Bonchev–Trinajstić information content (AvgIpc) is 3.35. The number of H-pyrrole nitrogens is 1. The Kier molecular flexibility index (Phi) is 8.54. The zero-order valence-electron chi connectivity index (χ0n) is 22.5. The van der Waals surface area contributed by atoms with Gasteiger partial charge in [0.25, 0.3) is 5.91 Å². The van der Waals surface area contributed by atoms with Crippen LogP contribution in [0.15, 0.2) is 41.3 Å². The van der Waals surface area contributed by atoms with Crippen LogP contribution >= 0.6 is 0 Å². The van der Waals surface area contributed by atoms with Gasteiger partial charge in [-0.1, -0.05) is 0 Å². The predicted molar refractivity (Wildman–Crippen MR) is 148 cm³/mol. The lowest BCUT2D eigenvalue weighted by Gasteiger charge is -2.27. The van der Waals surface area contributed by atoms with Crippen LogP contribution in [-0.4, -0.2) is 79.9 Å². The van der Waals surface area contributed by atoms with Crippen molar-refractivity contribution in [3.63, 3.8) is 0 Å². The zero-order chi connectivity index (χ0) is 29.1. The molecular formula is C27H32F2N6O5S. The number of benzene rings is 2. The first-order valence-corrected chi connectivity index (χ1v) is 14.7. The molecule has 14 heteroatoms. The Hall–Kier alpha value is -3.59. The minimum atomic E-state index is -4.21. The van der Waals surface area contributed by atoms with Gasteiger partial charge in [-0.2, -0.15) is 9.40 Å². The van der Waals surface area contributed by atoms with E-state index in [1.165, 1.54) is 0 Å². The number of aliphatic hydroxyl groups excluding tert-OH is 1. The molecule has 0 aliphatic carbocycles. The number of fused-ring (bicyclic) bond motifs is 1. The van der Waals surface area contributed by atoms with Crippen LogP contribution in [0.1, 0.15) is 34.5 Å². The van der Waals surface area contributed by atoms with E-state index in [0.717, 1.165) is 35.0 Å². The van der Waals surface area contributed by atoms with Gasteiger partial charge >= 0.3 is 0 Å². The molecule has 1 amide bonds. The van der Waals surface area contributed by atoms with Crippen LogP contribution in [0.25, 0.3) is 0 Å². The number of hydrogen-bond acceptors (Lipinski definition) is 8. The van der Waals surface area contributed by atoms with Crippen molar-refractivity contribution in [1.29, 1.82) is 0 Å². The van der Waals surface area contributed by atoms with E-state index in [2.05, 4.69) is 20.8 Å². The fourth-order valence-corrected chi connectivity index (χ4v) is 6.46. The first-order valence-electron chi connectivity index (χ1n) is 13.3. The molecule has 3 aromatic rings. The molecule has 0 spiro atoms. The van der Waals surface area contributed by atoms with Gasteiger partial charge in [-0.05, 0) is 43.2 Å². The van der Waals surface area contributed by atoms with Crippen molar-refractivity contribution in [2.24, 2.45) is 0 Å². The molecule has 0 unspecified atom stereocenters. The van der Waals surface area contributed by atoms with E-state index < -0.39 is 32.5 Å². The molecule has 0 bridgehead atoms. The highest BCUT2D eigenvalue weighted by molar-refractivity contribution is 7.89. The Morgan fingerprint density at radius 3 is 2.63 bits per heavy atom. The van der Waals surface area contributed by atoms with Gasteiger partial charge in [-0.25, -0.2) is 17.2 Å². The first-order chi connectivity index (χ1) is 19.7. The summed E-state index contributed by atoms with van der Waals surface area (Å²) in [5.74, 6) is -2.25. The molecule has 1 aromatic heterocycles. The molecule has 1 fully saturated rings. The number of sulfonamides is 1. The third-order valence-electron chi connectivity index (χ3n) is 7.31. The molecule has 0 saturated carbocycles. The highest BCUT2D eigenvalue weighted by Crippen LogP contribution is 2.31. The zero-order valence-corrected chi connectivity index (χ0v) is 23.3. The number of carbonyl (C=O) groups is 1. The molecule has 0 radical (unpaired) electrons. The number of likely N-dealkylation sites (N-methyl/N-ethyl adjacent to an activating group) is 1. The van der Waals surface area contributed by atoms with Crippen LogP contribution in [0, 0.1) is 11.6 Å². The summed E-state index contributed by atoms with van der Waals surface area (Å²) in [6, 6.07) is 7.60. The third kappa shape index (κ3) is 6.35. The smallest absolute Gasteiger partial charge is 0.258 e. The van der Waals surface area contributed by atoms with Gasteiger partial charge in [0.1, 0.15) is 11.6 Å². The number of ether oxygens (including phenoxy) is 1. The van der Waals surface area contributed by atoms with E-state index in [4.69, 9.17) is 4.74 Å². The summed E-state index contributed by atoms with van der Waals surface area (Å²) in [5, 5.41) is 22.7. The van der Waals surface area contributed by atoms with E-state index in [-0.39, 0.29) is 38.0 Å². The van der Waals surface area contributed by atoms with Crippen LogP contribution in [-0.2, 0) is 27.7 Å². The largest absolute Gasteiger partial charge is 0.395 e. The van der Waals surface area contributed by atoms with Gasteiger partial charge in [0.2, 0.25) is 10.0 Å². The number of aliphatic hydroxyl groups is 1. The van der Waals surface area contributed by atoms with Crippen molar-refractivity contribution in [3.05, 3.63) is 64.9 Å². The van der Waals surface area contributed by atoms with Gasteiger partial charge in [0.15, 0.2) is 5.82 Å². The Morgan fingerprint density at radius 2 is 1.93 bits per heavy atom. The molecule has 1 saturated heterocycles. The van der Waals surface area contributed by atoms with Crippen LogP contribution in [0.3, 0.4) is 0 Å². The van der Waals surface area contributed by atoms with Crippen LogP contribution in [0.4, 0.5) is 26.0 Å². The highest BCUT2D eigenvalue weighted by atomic mass is 32.2. The van der Waals surface area contributed by atoms with E-state index >= 15 is 0 Å². The summed E-state index contributed by atoms with van der Waals surface area (Å²) in [6.45, 7) is 1.57. The van der Waals surface area contributed by atoms with Gasteiger partial charge in [0, 0.05) is 81.1 Å². The normalized spacial score (nSPS) is 16.3. The maximum atomic E-state index is 13.8. The topological polar surface area (TPSA) is 140 Å². The summed E-state index contributed by atoms with van der Waals surface area (Å²) >= 11 is 0. The quantitative estimate of drug-likeness (QED) is 0.298. The molecule has 0 atom stereocenters. The molecule has 11 nitrogen and oxygen atoms in total. The van der Waals surface area contributed by atoms with Crippen molar-refractivity contribution in [2.75, 3.05) is 55.5 Å². The fraction of sp³-hybridized carbons (Fsp3) is 0.407. The summed E-state index contributed by atoms with van der Waals surface area (Å²) in [6.07, 6.45) is 1.84.